The van der Waals surface area contributed by atoms with Crippen molar-refractivity contribution >= 4 is 0 Å². The van der Waals surface area contributed by atoms with Crippen molar-refractivity contribution in [2.75, 3.05) is 26.2 Å². The fourth-order valence-corrected chi connectivity index (χ4v) is 5.72. The minimum Gasteiger partial charge on any atom is -0.298 e. The Bertz CT molecular complexity index is 456. The van der Waals surface area contributed by atoms with Gasteiger partial charge in [0.05, 0.1) is 0 Å². The van der Waals surface area contributed by atoms with Gasteiger partial charge in [0, 0.05) is 17.6 Å². The number of piperidine rings is 1. The van der Waals surface area contributed by atoms with Gasteiger partial charge in [0.15, 0.2) is 0 Å². The molecule has 0 N–H and O–H groups in total. The van der Waals surface area contributed by atoms with Gasteiger partial charge in [0.1, 0.15) is 0 Å². The lowest BCUT2D eigenvalue weighted by molar-refractivity contribution is 0.0118. The zero-order chi connectivity index (χ0) is 20.0. The Labute approximate surface area is 165 Å². The molecule has 2 fully saturated rings. The van der Waals surface area contributed by atoms with Gasteiger partial charge in [-0.2, -0.15) is 0 Å². The third-order valence-corrected chi connectivity index (χ3v) is 7.71. The Balaban J connectivity index is 1.96. The second-order valence-electron chi connectivity index (χ2n) is 12.7. The van der Waals surface area contributed by atoms with E-state index in [-0.39, 0.29) is 0 Å². The van der Waals surface area contributed by atoms with E-state index >= 15 is 0 Å². The summed E-state index contributed by atoms with van der Waals surface area (Å²) < 4.78 is 0. The second-order valence-corrected chi connectivity index (χ2v) is 12.7. The summed E-state index contributed by atoms with van der Waals surface area (Å²) in [4.78, 5) is 5.48. The average molecular weight is 365 g/mol. The third kappa shape index (κ3) is 5.25. The van der Waals surface area contributed by atoms with E-state index in [0.717, 1.165) is 11.8 Å². The van der Waals surface area contributed by atoms with Crippen molar-refractivity contribution in [2.45, 2.75) is 106 Å². The van der Waals surface area contributed by atoms with Crippen molar-refractivity contribution in [1.29, 1.82) is 0 Å². The van der Waals surface area contributed by atoms with E-state index in [9.17, 15) is 0 Å². The van der Waals surface area contributed by atoms with Crippen LogP contribution >= 0.6 is 0 Å². The highest BCUT2D eigenvalue weighted by Gasteiger charge is 2.43. The minimum absolute atomic E-state index is 0.310. The molecule has 0 bridgehead atoms. The van der Waals surface area contributed by atoms with Crippen molar-refractivity contribution in [1.82, 2.24) is 9.80 Å². The fraction of sp³-hybridized carbons (Fsp3) is 1.00. The maximum absolute atomic E-state index is 2.80. The van der Waals surface area contributed by atoms with Crippen LogP contribution in [0.4, 0.5) is 0 Å². The number of hydrogen-bond donors (Lipinski definition) is 0. The first kappa shape index (κ1) is 22.2. The van der Waals surface area contributed by atoms with Crippen LogP contribution in [0.1, 0.15) is 94.9 Å². The molecule has 2 heteroatoms. The topological polar surface area (TPSA) is 6.48 Å². The minimum atomic E-state index is 0.310. The molecule has 154 valence electrons. The quantitative estimate of drug-likeness (QED) is 0.598. The van der Waals surface area contributed by atoms with Crippen LogP contribution in [-0.2, 0) is 0 Å². The Hall–Kier alpha value is -0.0800. The molecule has 0 saturated carbocycles. The molecule has 0 amide bonds. The fourth-order valence-electron chi connectivity index (χ4n) is 5.72. The molecule has 1 atom stereocenters. The molecule has 0 aromatic rings. The molecule has 2 aliphatic heterocycles. The molecule has 0 aromatic heterocycles. The van der Waals surface area contributed by atoms with E-state index in [1.165, 1.54) is 51.9 Å². The molecule has 2 heterocycles. The number of rotatable bonds is 4. The lowest BCUT2D eigenvalue weighted by Gasteiger charge is -2.49. The zero-order valence-corrected chi connectivity index (χ0v) is 19.7. The van der Waals surface area contributed by atoms with Gasteiger partial charge in [-0.3, -0.25) is 9.80 Å². The smallest absolute Gasteiger partial charge is 0.0158 e. The maximum Gasteiger partial charge on any atom is 0.0158 e. The van der Waals surface area contributed by atoms with E-state index in [1.807, 2.05) is 0 Å². The molecule has 0 aliphatic carbocycles. The average Bonchev–Trinajstić information content (AvgIpc) is 2.96. The molecule has 2 nitrogen and oxygen atoms in total. The summed E-state index contributed by atoms with van der Waals surface area (Å²) in [7, 11) is 0. The van der Waals surface area contributed by atoms with Gasteiger partial charge < -0.3 is 0 Å². The zero-order valence-electron chi connectivity index (χ0n) is 19.7. The van der Waals surface area contributed by atoms with Crippen molar-refractivity contribution in [3.63, 3.8) is 0 Å². The first-order valence-corrected chi connectivity index (χ1v) is 11.1. The monoisotopic (exact) mass is 364 g/mol. The van der Waals surface area contributed by atoms with Crippen LogP contribution in [0.5, 0.6) is 0 Å². The van der Waals surface area contributed by atoms with Crippen molar-refractivity contribution in [2.24, 2.45) is 22.7 Å². The normalized spacial score (nSPS) is 25.8. The lowest BCUT2D eigenvalue weighted by atomic mass is 9.67. The van der Waals surface area contributed by atoms with Gasteiger partial charge in [-0.25, -0.2) is 0 Å². The van der Waals surface area contributed by atoms with Crippen molar-refractivity contribution in [3.05, 3.63) is 0 Å². The summed E-state index contributed by atoms with van der Waals surface area (Å²) in [6.45, 7) is 29.6. The van der Waals surface area contributed by atoms with Crippen molar-refractivity contribution < 1.29 is 0 Å². The molecular weight excluding hydrogens is 316 g/mol. The van der Waals surface area contributed by atoms with Gasteiger partial charge in [0.2, 0.25) is 0 Å². The Morgan fingerprint density at radius 3 is 1.54 bits per heavy atom. The SMILES string of the molecule is CC(C)(C)C1CCN(C(C)(C)CC(C)(C)C2CCN(C(C)(C)C)CC2)C1. The number of likely N-dealkylation sites (tertiary alicyclic amines) is 2. The molecule has 0 aromatic carbocycles. The summed E-state index contributed by atoms with van der Waals surface area (Å²) >= 11 is 0. The van der Waals surface area contributed by atoms with Crippen LogP contribution in [0.2, 0.25) is 0 Å². The van der Waals surface area contributed by atoms with Gasteiger partial charge in [-0.05, 0) is 103 Å². The van der Waals surface area contributed by atoms with Gasteiger partial charge in [-0.15, -0.1) is 0 Å². The standard InChI is InChI=1S/C24H48N2/c1-21(2,3)20-13-16-26(17-20)24(9,10)18-23(7,8)19-11-14-25(15-12-19)22(4,5)6/h19-20H,11-18H2,1-10H3. The molecule has 0 radical (unpaired) electrons. The summed E-state index contributed by atoms with van der Waals surface area (Å²) in [6.07, 6.45) is 5.42. The highest BCUT2D eigenvalue weighted by atomic mass is 15.2. The summed E-state index contributed by atoms with van der Waals surface area (Å²) in [5.74, 6) is 1.71. The Morgan fingerprint density at radius 1 is 0.654 bits per heavy atom. The van der Waals surface area contributed by atoms with E-state index in [2.05, 4.69) is 79.0 Å². The van der Waals surface area contributed by atoms with E-state index < -0.39 is 0 Å². The summed E-state index contributed by atoms with van der Waals surface area (Å²) in [6, 6.07) is 0. The van der Waals surface area contributed by atoms with Gasteiger partial charge in [-0.1, -0.05) is 34.6 Å². The second kappa shape index (κ2) is 7.39. The predicted octanol–water partition coefficient (Wildman–Crippen LogP) is 6.06. The first-order chi connectivity index (χ1) is 11.6. The molecule has 2 aliphatic rings. The summed E-state index contributed by atoms with van der Waals surface area (Å²) in [5, 5.41) is 0. The highest BCUT2D eigenvalue weighted by molar-refractivity contribution is 4.97. The highest BCUT2D eigenvalue weighted by Crippen LogP contribution is 2.45. The van der Waals surface area contributed by atoms with E-state index in [1.54, 1.807) is 0 Å². The molecule has 2 saturated heterocycles. The summed E-state index contributed by atoms with van der Waals surface area (Å²) in [5.41, 5.74) is 1.50. The van der Waals surface area contributed by atoms with Gasteiger partial charge in [0.25, 0.3) is 0 Å². The molecule has 2 rings (SSSR count). The molecule has 0 spiro atoms. The largest absolute Gasteiger partial charge is 0.298 e. The predicted molar refractivity (Wildman–Crippen MR) is 116 cm³/mol. The van der Waals surface area contributed by atoms with E-state index in [4.69, 9.17) is 0 Å². The van der Waals surface area contributed by atoms with Crippen LogP contribution in [0.15, 0.2) is 0 Å². The number of nitrogens with zero attached hydrogens (tertiary/aromatic N) is 2. The van der Waals surface area contributed by atoms with Crippen LogP contribution < -0.4 is 0 Å². The Kier molecular flexibility index (Phi) is 6.31. The Morgan fingerprint density at radius 2 is 1.12 bits per heavy atom. The first-order valence-electron chi connectivity index (χ1n) is 11.1. The molecule has 1 unspecified atom stereocenters. The van der Waals surface area contributed by atoms with Crippen LogP contribution in [-0.4, -0.2) is 47.1 Å². The van der Waals surface area contributed by atoms with E-state index in [0.29, 0.717) is 21.9 Å². The third-order valence-electron chi connectivity index (χ3n) is 7.71. The van der Waals surface area contributed by atoms with Gasteiger partial charge >= 0.3 is 0 Å². The van der Waals surface area contributed by atoms with Crippen molar-refractivity contribution in [3.8, 4) is 0 Å². The van der Waals surface area contributed by atoms with Crippen LogP contribution in [0.3, 0.4) is 0 Å². The molecular formula is C24H48N2. The lowest BCUT2D eigenvalue weighted by Crippen LogP contribution is -2.51. The number of hydrogen-bond acceptors (Lipinski definition) is 2. The van der Waals surface area contributed by atoms with Crippen LogP contribution in [0, 0.1) is 22.7 Å². The maximum atomic E-state index is 2.80. The van der Waals surface area contributed by atoms with Crippen LogP contribution in [0.25, 0.3) is 0 Å². The molecule has 26 heavy (non-hydrogen) atoms.